The van der Waals surface area contributed by atoms with Crippen molar-refractivity contribution in [3.63, 3.8) is 0 Å². The Morgan fingerprint density at radius 2 is 2.17 bits per heavy atom. The molecular formula is C21H28N4O4. The van der Waals surface area contributed by atoms with Crippen molar-refractivity contribution >= 4 is 5.91 Å². The summed E-state index contributed by atoms with van der Waals surface area (Å²) in [5.74, 6) is 2.15. The number of nitrogens with zero attached hydrogens (tertiary/aromatic N) is 4. The molecule has 4 rings (SSSR count). The Hall–Kier alpha value is -2.45. The number of ether oxygens (including phenoxy) is 2. The van der Waals surface area contributed by atoms with Crippen LogP contribution in [0.1, 0.15) is 36.7 Å². The SMILES string of the molecule is Cc1nc(CO[C@@H]2CN(Cc3ccc4c(c3)CCO4)CC(=O)N(C(C)C)C2)no1. The second-order valence-corrected chi connectivity index (χ2v) is 8.01. The molecule has 1 amide bonds. The summed E-state index contributed by atoms with van der Waals surface area (Å²) in [4.78, 5) is 21.1. The zero-order valence-electron chi connectivity index (χ0n) is 17.3. The van der Waals surface area contributed by atoms with E-state index in [1.54, 1.807) is 6.92 Å². The van der Waals surface area contributed by atoms with Crippen molar-refractivity contribution in [1.29, 1.82) is 0 Å². The molecule has 8 nitrogen and oxygen atoms in total. The smallest absolute Gasteiger partial charge is 0.237 e. The highest BCUT2D eigenvalue weighted by molar-refractivity contribution is 5.79. The van der Waals surface area contributed by atoms with Gasteiger partial charge in [-0.2, -0.15) is 4.98 Å². The minimum Gasteiger partial charge on any atom is -0.493 e. The van der Waals surface area contributed by atoms with Crippen LogP contribution in [0.5, 0.6) is 5.75 Å². The van der Waals surface area contributed by atoms with E-state index in [4.69, 9.17) is 14.0 Å². The van der Waals surface area contributed by atoms with Crippen molar-refractivity contribution < 1.29 is 18.8 Å². The van der Waals surface area contributed by atoms with Crippen LogP contribution >= 0.6 is 0 Å². The van der Waals surface area contributed by atoms with Crippen LogP contribution in [0.2, 0.25) is 0 Å². The van der Waals surface area contributed by atoms with Gasteiger partial charge in [-0.15, -0.1) is 0 Å². The molecule has 8 heteroatoms. The van der Waals surface area contributed by atoms with Crippen molar-refractivity contribution in [2.75, 3.05) is 26.2 Å². The maximum atomic E-state index is 12.8. The van der Waals surface area contributed by atoms with Crippen LogP contribution in [-0.4, -0.2) is 64.2 Å². The molecule has 1 aromatic carbocycles. The Morgan fingerprint density at radius 1 is 1.31 bits per heavy atom. The number of carbonyl (C=O) groups excluding carboxylic acids is 1. The summed E-state index contributed by atoms with van der Waals surface area (Å²) in [6.45, 7) is 9.15. The standard InChI is InChI=1S/C21H28N4O4/c1-14(2)25-11-18(28-13-20-22-15(3)29-23-20)10-24(12-21(25)26)9-16-4-5-19-17(8-16)6-7-27-19/h4-5,8,14,18H,6-7,9-13H2,1-3H3/t18-/m1/s1. The Labute approximate surface area is 170 Å². The molecule has 29 heavy (non-hydrogen) atoms. The van der Waals surface area contributed by atoms with Gasteiger partial charge in [0.1, 0.15) is 12.4 Å². The highest BCUT2D eigenvalue weighted by Gasteiger charge is 2.30. The normalized spacial score (nSPS) is 20.1. The lowest BCUT2D eigenvalue weighted by Crippen LogP contribution is -2.42. The highest BCUT2D eigenvalue weighted by atomic mass is 16.5. The van der Waals surface area contributed by atoms with Gasteiger partial charge in [0.05, 0.1) is 19.3 Å². The number of aromatic nitrogens is 2. The topological polar surface area (TPSA) is 80.9 Å². The van der Waals surface area contributed by atoms with Gasteiger partial charge in [-0.3, -0.25) is 9.69 Å². The minimum absolute atomic E-state index is 0.123. The fourth-order valence-corrected chi connectivity index (χ4v) is 3.93. The van der Waals surface area contributed by atoms with E-state index in [0.717, 1.165) is 18.8 Å². The van der Waals surface area contributed by atoms with E-state index >= 15 is 0 Å². The Morgan fingerprint density at radius 3 is 2.93 bits per heavy atom. The van der Waals surface area contributed by atoms with Gasteiger partial charge in [0.2, 0.25) is 11.8 Å². The highest BCUT2D eigenvalue weighted by Crippen LogP contribution is 2.26. The molecule has 0 saturated carbocycles. The number of rotatable bonds is 6. The van der Waals surface area contributed by atoms with Gasteiger partial charge in [-0.25, -0.2) is 0 Å². The molecule has 2 aliphatic rings. The first-order chi connectivity index (χ1) is 14.0. The second kappa shape index (κ2) is 8.51. The fraction of sp³-hybridized carbons (Fsp3) is 0.571. The van der Waals surface area contributed by atoms with Crippen LogP contribution in [-0.2, 0) is 29.1 Å². The fourth-order valence-electron chi connectivity index (χ4n) is 3.93. The van der Waals surface area contributed by atoms with E-state index in [2.05, 4.69) is 27.2 Å². The van der Waals surface area contributed by atoms with Crippen molar-refractivity contribution in [2.24, 2.45) is 0 Å². The first-order valence-corrected chi connectivity index (χ1v) is 10.1. The van der Waals surface area contributed by atoms with Crippen molar-refractivity contribution in [2.45, 2.75) is 52.5 Å². The molecule has 1 aromatic heterocycles. The van der Waals surface area contributed by atoms with Gasteiger partial charge in [0, 0.05) is 39.0 Å². The van der Waals surface area contributed by atoms with Crippen LogP contribution in [0.15, 0.2) is 22.7 Å². The molecule has 0 spiro atoms. The number of fused-ring (bicyclic) bond motifs is 1. The Balaban J connectivity index is 1.46. The quantitative estimate of drug-likeness (QED) is 0.733. The monoisotopic (exact) mass is 400 g/mol. The largest absolute Gasteiger partial charge is 0.493 e. The molecule has 0 unspecified atom stereocenters. The van der Waals surface area contributed by atoms with Crippen LogP contribution in [0.25, 0.3) is 0 Å². The van der Waals surface area contributed by atoms with Gasteiger partial charge in [-0.1, -0.05) is 17.3 Å². The molecule has 2 aromatic rings. The molecule has 0 radical (unpaired) electrons. The predicted octanol–water partition coefficient (Wildman–Crippen LogP) is 1.95. The lowest BCUT2D eigenvalue weighted by molar-refractivity contribution is -0.133. The summed E-state index contributed by atoms with van der Waals surface area (Å²) >= 11 is 0. The number of benzene rings is 1. The first kappa shape index (κ1) is 19.8. The van der Waals surface area contributed by atoms with Gasteiger partial charge < -0.3 is 18.9 Å². The third-order valence-electron chi connectivity index (χ3n) is 5.34. The lowest BCUT2D eigenvalue weighted by Gasteiger charge is -2.27. The number of hydrogen-bond acceptors (Lipinski definition) is 7. The van der Waals surface area contributed by atoms with Gasteiger partial charge in [-0.05, 0) is 31.0 Å². The van der Waals surface area contributed by atoms with Crippen LogP contribution in [0.4, 0.5) is 0 Å². The first-order valence-electron chi connectivity index (χ1n) is 10.1. The zero-order chi connectivity index (χ0) is 20.4. The third-order valence-corrected chi connectivity index (χ3v) is 5.34. The average molecular weight is 400 g/mol. The molecule has 0 aliphatic carbocycles. The number of carbonyl (C=O) groups is 1. The van der Waals surface area contributed by atoms with Gasteiger partial charge in [0.25, 0.3) is 0 Å². The molecular weight excluding hydrogens is 372 g/mol. The van der Waals surface area contributed by atoms with Crippen molar-refractivity contribution in [3.8, 4) is 5.75 Å². The minimum atomic E-state index is -0.125. The molecule has 156 valence electrons. The number of amides is 1. The van der Waals surface area contributed by atoms with E-state index in [1.165, 1.54) is 11.1 Å². The third kappa shape index (κ3) is 4.76. The average Bonchev–Trinajstić information content (AvgIpc) is 3.27. The molecule has 2 aliphatic heterocycles. The zero-order valence-corrected chi connectivity index (χ0v) is 17.3. The van der Waals surface area contributed by atoms with E-state index in [0.29, 0.717) is 37.9 Å². The second-order valence-electron chi connectivity index (χ2n) is 8.01. The summed E-state index contributed by atoms with van der Waals surface area (Å²) in [7, 11) is 0. The predicted molar refractivity (Wildman–Crippen MR) is 105 cm³/mol. The maximum Gasteiger partial charge on any atom is 0.237 e. The number of hydrogen-bond donors (Lipinski definition) is 0. The van der Waals surface area contributed by atoms with Crippen molar-refractivity contribution in [3.05, 3.63) is 41.0 Å². The molecule has 3 heterocycles. The summed E-state index contributed by atoms with van der Waals surface area (Å²) in [6, 6.07) is 6.43. The van der Waals surface area contributed by atoms with E-state index in [1.807, 2.05) is 24.8 Å². The lowest BCUT2D eigenvalue weighted by atomic mass is 10.1. The Kier molecular flexibility index (Phi) is 5.82. The molecule has 1 atom stereocenters. The maximum absolute atomic E-state index is 12.8. The van der Waals surface area contributed by atoms with E-state index in [9.17, 15) is 4.79 Å². The number of aryl methyl sites for hydroxylation is 1. The summed E-state index contributed by atoms with van der Waals surface area (Å²) < 4.78 is 16.7. The molecule has 0 bridgehead atoms. The van der Waals surface area contributed by atoms with Crippen LogP contribution in [0.3, 0.4) is 0 Å². The summed E-state index contributed by atoms with van der Waals surface area (Å²) in [6.07, 6.45) is 0.819. The summed E-state index contributed by atoms with van der Waals surface area (Å²) in [5.41, 5.74) is 2.43. The van der Waals surface area contributed by atoms with Crippen LogP contribution < -0.4 is 4.74 Å². The molecule has 1 saturated heterocycles. The van der Waals surface area contributed by atoms with Crippen LogP contribution in [0, 0.1) is 6.92 Å². The van der Waals surface area contributed by atoms with Crippen molar-refractivity contribution in [1.82, 2.24) is 19.9 Å². The van der Waals surface area contributed by atoms with E-state index in [-0.39, 0.29) is 24.7 Å². The Bertz CT molecular complexity index is 866. The van der Waals surface area contributed by atoms with E-state index < -0.39 is 0 Å². The van der Waals surface area contributed by atoms with Gasteiger partial charge >= 0.3 is 0 Å². The van der Waals surface area contributed by atoms with Gasteiger partial charge in [0.15, 0.2) is 5.82 Å². The summed E-state index contributed by atoms with van der Waals surface area (Å²) in [5, 5.41) is 3.90. The molecule has 1 fully saturated rings. The molecule has 0 N–H and O–H groups in total.